The number of pyridine rings is 2. The molecule has 2 unspecified atom stereocenters. The Morgan fingerprint density at radius 1 is 1.08 bits per heavy atom. The van der Waals surface area contributed by atoms with E-state index in [0.29, 0.717) is 17.3 Å². The molecule has 2 N–H and O–H groups in total. The van der Waals surface area contributed by atoms with E-state index in [0.717, 1.165) is 29.2 Å². The Hall–Kier alpha value is -4.27. The van der Waals surface area contributed by atoms with Crippen LogP contribution in [0.25, 0.3) is 10.8 Å². The first-order chi connectivity index (χ1) is 17.3. The minimum atomic E-state index is -1.11. The van der Waals surface area contributed by atoms with Crippen LogP contribution in [0.4, 0.5) is 11.4 Å². The maximum absolute atomic E-state index is 12.4. The number of hydrogen-bond acceptors (Lipinski definition) is 8. The van der Waals surface area contributed by atoms with E-state index < -0.39 is 22.9 Å². The van der Waals surface area contributed by atoms with Crippen molar-refractivity contribution >= 4 is 28.1 Å². The lowest BCUT2D eigenvalue weighted by atomic mass is 10.0. The van der Waals surface area contributed by atoms with Gasteiger partial charge < -0.3 is 20.1 Å². The van der Waals surface area contributed by atoms with Gasteiger partial charge in [0.15, 0.2) is 0 Å². The number of anilines is 2. The van der Waals surface area contributed by atoms with Crippen molar-refractivity contribution in [3.05, 3.63) is 81.0 Å². The van der Waals surface area contributed by atoms with Crippen molar-refractivity contribution in [3.8, 4) is 11.6 Å². The van der Waals surface area contributed by atoms with Crippen LogP contribution >= 0.6 is 0 Å². The van der Waals surface area contributed by atoms with Crippen LogP contribution in [0.1, 0.15) is 32.3 Å². The summed E-state index contributed by atoms with van der Waals surface area (Å²) in [6.45, 7) is 4.01. The van der Waals surface area contributed by atoms with Crippen molar-refractivity contribution in [2.75, 3.05) is 10.2 Å². The van der Waals surface area contributed by atoms with Gasteiger partial charge in [0.1, 0.15) is 23.2 Å². The molecule has 0 aliphatic carbocycles. The average Bonchev–Trinajstić information content (AvgIpc) is 3.21. The highest BCUT2D eigenvalue weighted by molar-refractivity contribution is 5.86. The smallest absolute Gasteiger partial charge is 0.326 e. The molecular weight excluding hydrogens is 460 g/mol. The van der Waals surface area contributed by atoms with Crippen LogP contribution in [0, 0.1) is 0 Å². The lowest BCUT2D eigenvalue weighted by molar-refractivity contribution is -0.137. The van der Waals surface area contributed by atoms with E-state index in [4.69, 9.17) is 4.74 Å². The second-order valence-corrected chi connectivity index (χ2v) is 9.26. The van der Waals surface area contributed by atoms with Crippen molar-refractivity contribution in [1.82, 2.24) is 9.97 Å². The number of rotatable bonds is 8. The standard InChI is InChI=1S/C27H26N4O5/c1-15-3-4-16(2)31(15)23-22(24(32)25(23)33)30-21(27(34)35)13-17-5-7-19(8-6-17)36-26-20-14-28-11-9-18(20)10-12-29-26/h5-12,14-16,21,30H,3-4,13H2,1-2H3,(H,34,35)/t15?,16?,21-/m0/s1. The van der Waals surface area contributed by atoms with Crippen LogP contribution in [-0.2, 0) is 11.2 Å². The van der Waals surface area contributed by atoms with Crippen LogP contribution in [0.5, 0.6) is 11.6 Å². The summed E-state index contributed by atoms with van der Waals surface area (Å²) in [5.41, 5.74) is -0.0736. The summed E-state index contributed by atoms with van der Waals surface area (Å²) in [7, 11) is 0. The van der Waals surface area contributed by atoms with Gasteiger partial charge in [0.05, 0.1) is 5.39 Å². The van der Waals surface area contributed by atoms with E-state index in [1.165, 1.54) is 0 Å². The van der Waals surface area contributed by atoms with Crippen LogP contribution < -0.4 is 25.8 Å². The summed E-state index contributed by atoms with van der Waals surface area (Å²) in [5, 5.41) is 14.4. The number of carbonyl (C=O) groups is 1. The van der Waals surface area contributed by atoms with Crippen LogP contribution in [0.15, 0.2) is 64.6 Å². The zero-order chi connectivity index (χ0) is 25.4. The molecule has 1 aliphatic heterocycles. The Bertz CT molecular complexity index is 1480. The van der Waals surface area contributed by atoms with Crippen LogP contribution in [0.2, 0.25) is 0 Å². The molecule has 1 aliphatic rings. The fourth-order valence-corrected chi connectivity index (χ4v) is 4.88. The molecule has 0 saturated carbocycles. The molecule has 0 bridgehead atoms. The molecule has 1 fully saturated rings. The van der Waals surface area contributed by atoms with E-state index in [2.05, 4.69) is 15.3 Å². The van der Waals surface area contributed by atoms with Gasteiger partial charge in [-0.2, -0.15) is 0 Å². The number of ether oxygens (including phenoxy) is 1. The lowest BCUT2D eigenvalue weighted by Crippen LogP contribution is -2.48. The number of nitrogens with one attached hydrogen (secondary N) is 1. The molecule has 0 spiro atoms. The summed E-state index contributed by atoms with van der Waals surface area (Å²) in [6.07, 6.45) is 7.01. The Morgan fingerprint density at radius 2 is 1.78 bits per heavy atom. The third-order valence-corrected chi connectivity index (χ3v) is 6.82. The maximum Gasteiger partial charge on any atom is 0.326 e. The third-order valence-electron chi connectivity index (χ3n) is 6.82. The number of fused-ring (bicyclic) bond motifs is 1. The molecule has 4 aromatic rings. The number of aliphatic carboxylic acids is 1. The maximum atomic E-state index is 12.4. The fourth-order valence-electron chi connectivity index (χ4n) is 4.88. The topological polar surface area (TPSA) is 122 Å². The Balaban J connectivity index is 1.32. The minimum absolute atomic E-state index is 0.101. The Kier molecular flexibility index (Phi) is 6.13. The molecule has 2 aromatic carbocycles. The minimum Gasteiger partial charge on any atom is -0.480 e. The highest BCUT2D eigenvalue weighted by Crippen LogP contribution is 2.33. The first-order valence-electron chi connectivity index (χ1n) is 11.9. The molecular formula is C27H26N4O5. The average molecular weight is 487 g/mol. The van der Waals surface area contributed by atoms with Gasteiger partial charge in [0, 0.05) is 37.1 Å². The number of hydrogen-bond donors (Lipinski definition) is 2. The van der Waals surface area contributed by atoms with Gasteiger partial charge in [-0.15, -0.1) is 0 Å². The zero-order valence-corrected chi connectivity index (χ0v) is 20.0. The first-order valence-corrected chi connectivity index (χ1v) is 11.9. The lowest BCUT2D eigenvalue weighted by Gasteiger charge is -2.32. The Labute approximate surface area is 207 Å². The van der Waals surface area contributed by atoms with Crippen molar-refractivity contribution in [2.24, 2.45) is 0 Å². The molecule has 36 heavy (non-hydrogen) atoms. The predicted octanol–water partition coefficient (Wildman–Crippen LogP) is 3.50. The predicted molar refractivity (Wildman–Crippen MR) is 137 cm³/mol. The van der Waals surface area contributed by atoms with Gasteiger partial charge in [-0.25, -0.2) is 9.78 Å². The van der Waals surface area contributed by atoms with E-state index in [1.807, 2.05) is 30.9 Å². The van der Waals surface area contributed by atoms with Crippen molar-refractivity contribution < 1.29 is 14.6 Å². The second-order valence-electron chi connectivity index (χ2n) is 9.26. The monoisotopic (exact) mass is 486 g/mol. The third kappa shape index (κ3) is 4.28. The van der Waals surface area contributed by atoms with Gasteiger partial charge >= 0.3 is 5.97 Å². The highest BCUT2D eigenvalue weighted by Gasteiger charge is 2.36. The van der Waals surface area contributed by atoms with Gasteiger partial charge in [-0.3, -0.25) is 14.6 Å². The summed E-state index contributed by atoms with van der Waals surface area (Å²) in [4.78, 5) is 47.1. The molecule has 5 rings (SSSR count). The van der Waals surface area contributed by atoms with E-state index in [-0.39, 0.29) is 24.2 Å². The summed E-state index contributed by atoms with van der Waals surface area (Å²) in [5.74, 6) is -0.134. The largest absolute Gasteiger partial charge is 0.480 e. The van der Waals surface area contributed by atoms with Gasteiger partial charge in [0.2, 0.25) is 5.88 Å². The van der Waals surface area contributed by atoms with E-state index in [9.17, 15) is 19.5 Å². The molecule has 0 radical (unpaired) electrons. The van der Waals surface area contributed by atoms with E-state index in [1.54, 1.807) is 42.9 Å². The summed E-state index contributed by atoms with van der Waals surface area (Å²) < 4.78 is 5.93. The first kappa shape index (κ1) is 23.5. The fraction of sp³-hybridized carbons (Fsp3) is 0.296. The zero-order valence-electron chi connectivity index (χ0n) is 20.0. The van der Waals surface area contributed by atoms with Gasteiger partial charge in [-0.1, -0.05) is 12.1 Å². The summed E-state index contributed by atoms with van der Waals surface area (Å²) in [6, 6.07) is 9.92. The molecule has 1 saturated heterocycles. The molecule has 0 amide bonds. The number of aromatic nitrogens is 2. The SMILES string of the molecule is CC1CCC(C)N1c1c(N[C@@H](Cc2ccc(Oc3nccc4ccncc34)cc2)C(=O)O)c(=O)c1=O. The van der Waals surface area contributed by atoms with Crippen LogP contribution in [0.3, 0.4) is 0 Å². The number of carboxylic acid groups (broad SMARTS) is 1. The summed E-state index contributed by atoms with van der Waals surface area (Å²) >= 11 is 0. The normalized spacial score (nSPS) is 18.4. The second kappa shape index (κ2) is 9.41. The molecule has 9 heteroatoms. The quantitative estimate of drug-likeness (QED) is 0.360. The highest BCUT2D eigenvalue weighted by atomic mass is 16.5. The van der Waals surface area contributed by atoms with Gasteiger partial charge in [-0.05, 0) is 61.9 Å². The molecule has 3 atom stereocenters. The van der Waals surface area contributed by atoms with Gasteiger partial charge in [0.25, 0.3) is 10.9 Å². The number of benzene rings is 1. The van der Waals surface area contributed by atoms with Crippen molar-refractivity contribution in [1.29, 1.82) is 0 Å². The molecule has 9 nitrogen and oxygen atoms in total. The molecule has 3 heterocycles. The van der Waals surface area contributed by atoms with E-state index >= 15 is 0 Å². The molecule has 2 aromatic heterocycles. The van der Waals surface area contributed by atoms with Crippen molar-refractivity contribution in [2.45, 2.75) is 51.2 Å². The van der Waals surface area contributed by atoms with Crippen molar-refractivity contribution in [3.63, 3.8) is 0 Å². The molecule has 184 valence electrons. The van der Waals surface area contributed by atoms with Crippen LogP contribution in [-0.4, -0.2) is 39.2 Å². The number of nitrogens with zero attached hydrogens (tertiary/aromatic N) is 3. The number of carboxylic acids is 1. The Morgan fingerprint density at radius 3 is 2.47 bits per heavy atom.